The van der Waals surface area contributed by atoms with Crippen LogP contribution in [0.5, 0.6) is 0 Å². The van der Waals surface area contributed by atoms with Gasteiger partial charge in [-0.2, -0.15) is 0 Å². The molecule has 1 unspecified atom stereocenters. The van der Waals surface area contributed by atoms with Crippen LogP contribution in [0, 0.1) is 6.92 Å². The van der Waals surface area contributed by atoms with Gasteiger partial charge in [0.15, 0.2) is 0 Å². The first-order chi connectivity index (χ1) is 8.52. The smallest absolute Gasteiger partial charge is 0.254 e. The van der Waals surface area contributed by atoms with Crippen molar-refractivity contribution in [1.82, 2.24) is 9.80 Å². The summed E-state index contributed by atoms with van der Waals surface area (Å²) in [5, 5.41) is 0. The van der Waals surface area contributed by atoms with E-state index in [1.807, 2.05) is 31.2 Å². The quantitative estimate of drug-likeness (QED) is 0.749. The van der Waals surface area contributed by atoms with Crippen molar-refractivity contribution in [2.45, 2.75) is 19.9 Å². The summed E-state index contributed by atoms with van der Waals surface area (Å²) < 4.78 is 0. The molecule has 18 heavy (non-hydrogen) atoms. The Hall–Kier alpha value is -1.84. The van der Waals surface area contributed by atoms with E-state index in [0.29, 0.717) is 18.7 Å². The first-order valence-electron chi connectivity index (χ1n) is 6.14. The molecule has 2 amide bonds. The molecule has 0 aromatic heterocycles. The fourth-order valence-corrected chi connectivity index (χ4v) is 2.26. The van der Waals surface area contributed by atoms with Crippen LogP contribution in [-0.2, 0) is 4.79 Å². The predicted octanol–water partition coefficient (Wildman–Crippen LogP) is 1.30. The second-order valence-corrected chi connectivity index (χ2v) is 4.75. The van der Waals surface area contributed by atoms with Gasteiger partial charge < -0.3 is 9.80 Å². The summed E-state index contributed by atoms with van der Waals surface area (Å²) in [5.74, 6) is -0.0507. The molecule has 1 saturated heterocycles. The summed E-state index contributed by atoms with van der Waals surface area (Å²) in [7, 11) is 1.77. The summed E-state index contributed by atoms with van der Waals surface area (Å²) >= 11 is 0. The standard InChI is InChI=1S/C14H18N2O2/c1-10-6-4-5-7-12(10)14(18)16-9-8-15(3)13(17)11(16)2/h4-7,11H,8-9H2,1-3H3. The van der Waals surface area contributed by atoms with Crippen molar-refractivity contribution in [2.75, 3.05) is 20.1 Å². The Labute approximate surface area is 107 Å². The number of likely N-dealkylation sites (N-methyl/N-ethyl adjacent to an activating group) is 1. The Morgan fingerprint density at radius 2 is 1.94 bits per heavy atom. The lowest BCUT2D eigenvalue weighted by atomic mass is 10.1. The minimum absolute atomic E-state index is 0.00295. The van der Waals surface area contributed by atoms with Gasteiger partial charge in [-0.05, 0) is 25.5 Å². The number of hydrogen-bond acceptors (Lipinski definition) is 2. The highest BCUT2D eigenvalue weighted by molar-refractivity contribution is 5.99. The van der Waals surface area contributed by atoms with Gasteiger partial charge in [-0.3, -0.25) is 9.59 Å². The number of benzene rings is 1. The van der Waals surface area contributed by atoms with Crippen LogP contribution in [0.4, 0.5) is 0 Å². The lowest BCUT2D eigenvalue weighted by Gasteiger charge is -2.37. The van der Waals surface area contributed by atoms with E-state index in [0.717, 1.165) is 5.56 Å². The van der Waals surface area contributed by atoms with Gasteiger partial charge in [0.1, 0.15) is 6.04 Å². The molecule has 0 saturated carbocycles. The van der Waals surface area contributed by atoms with Gasteiger partial charge in [-0.15, -0.1) is 0 Å². The zero-order valence-corrected chi connectivity index (χ0v) is 11.0. The van der Waals surface area contributed by atoms with E-state index in [1.165, 1.54) is 0 Å². The van der Waals surface area contributed by atoms with Crippen LogP contribution in [0.15, 0.2) is 24.3 Å². The van der Waals surface area contributed by atoms with Gasteiger partial charge in [-0.1, -0.05) is 18.2 Å². The molecule has 1 fully saturated rings. The van der Waals surface area contributed by atoms with E-state index in [-0.39, 0.29) is 17.9 Å². The monoisotopic (exact) mass is 246 g/mol. The predicted molar refractivity (Wildman–Crippen MR) is 69.3 cm³/mol. The number of amides is 2. The average Bonchev–Trinajstić information content (AvgIpc) is 2.36. The molecule has 0 bridgehead atoms. The Balaban J connectivity index is 2.25. The fourth-order valence-electron chi connectivity index (χ4n) is 2.26. The van der Waals surface area contributed by atoms with Crippen LogP contribution < -0.4 is 0 Å². The third kappa shape index (κ3) is 2.10. The lowest BCUT2D eigenvalue weighted by molar-refractivity contribution is -0.137. The second-order valence-electron chi connectivity index (χ2n) is 4.75. The van der Waals surface area contributed by atoms with Gasteiger partial charge in [0.05, 0.1) is 0 Å². The minimum Gasteiger partial charge on any atom is -0.342 e. The number of piperazine rings is 1. The number of hydrogen-bond donors (Lipinski definition) is 0. The first kappa shape index (κ1) is 12.6. The van der Waals surface area contributed by atoms with Crippen LogP contribution >= 0.6 is 0 Å². The molecule has 1 aliphatic rings. The highest BCUT2D eigenvalue weighted by Gasteiger charge is 2.33. The van der Waals surface area contributed by atoms with Gasteiger partial charge in [0.25, 0.3) is 5.91 Å². The molecule has 0 N–H and O–H groups in total. The van der Waals surface area contributed by atoms with Gasteiger partial charge >= 0.3 is 0 Å². The summed E-state index contributed by atoms with van der Waals surface area (Å²) in [4.78, 5) is 27.7. The van der Waals surface area contributed by atoms with Crippen LogP contribution in [-0.4, -0.2) is 47.8 Å². The lowest BCUT2D eigenvalue weighted by Crippen LogP contribution is -2.56. The molecule has 1 atom stereocenters. The molecule has 1 aromatic carbocycles. The van der Waals surface area contributed by atoms with Crippen molar-refractivity contribution < 1.29 is 9.59 Å². The number of nitrogens with zero attached hydrogens (tertiary/aromatic N) is 2. The van der Waals surface area contributed by atoms with Crippen molar-refractivity contribution in [2.24, 2.45) is 0 Å². The molecule has 2 rings (SSSR count). The molecule has 4 nitrogen and oxygen atoms in total. The zero-order valence-electron chi connectivity index (χ0n) is 11.0. The molecular formula is C14H18N2O2. The summed E-state index contributed by atoms with van der Waals surface area (Å²) in [6.45, 7) is 4.89. The maximum Gasteiger partial charge on any atom is 0.254 e. The Kier molecular flexibility index (Phi) is 3.36. The Morgan fingerprint density at radius 3 is 2.61 bits per heavy atom. The van der Waals surface area contributed by atoms with Gasteiger partial charge in [0.2, 0.25) is 5.91 Å². The number of carbonyl (C=O) groups excluding carboxylic acids is 2. The maximum atomic E-state index is 12.4. The third-order valence-electron chi connectivity index (χ3n) is 3.51. The SMILES string of the molecule is Cc1ccccc1C(=O)N1CCN(C)C(=O)C1C. The van der Waals surface area contributed by atoms with Gasteiger partial charge in [0, 0.05) is 25.7 Å². The topological polar surface area (TPSA) is 40.6 Å². The molecule has 0 spiro atoms. The summed E-state index contributed by atoms with van der Waals surface area (Å²) in [6.07, 6.45) is 0. The molecule has 1 aromatic rings. The Bertz CT molecular complexity index is 484. The number of carbonyl (C=O) groups is 2. The first-order valence-corrected chi connectivity index (χ1v) is 6.14. The van der Waals surface area contributed by atoms with E-state index < -0.39 is 0 Å². The van der Waals surface area contributed by atoms with Crippen molar-refractivity contribution in [3.05, 3.63) is 35.4 Å². The highest BCUT2D eigenvalue weighted by Crippen LogP contribution is 2.16. The van der Waals surface area contributed by atoms with E-state index in [2.05, 4.69) is 0 Å². The Morgan fingerprint density at radius 1 is 1.28 bits per heavy atom. The molecule has 0 radical (unpaired) electrons. The zero-order chi connectivity index (χ0) is 13.3. The van der Waals surface area contributed by atoms with E-state index in [4.69, 9.17) is 0 Å². The van der Waals surface area contributed by atoms with E-state index in [9.17, 15) is 9.59 Å². The average molecular weight is 246 g/mol. The van der Waals surface area contributed by atoms with E-state index >= 15 is 0 Å². The van der Waals surface area contributed by atoms with Crippen LogP contribution in [0.25, 0.3) is 0 Å². The highest BCUT2D eigenvalue weighted by atomic mass is 16.2. The number of rotatable bonds is 1. The van der Waals surface area contributed by atoms with Crippen LogP contribution in [0.2, 0.25) is 0 Å². The van der Waals surface area contributed by atoms with E-state index in [1.54, 1.807) is 23.8 Å². The molecule has 4 heteroatoms. The maximum absolute atomic E-state index is 12.4. The number of aryl methyl sites for hydroxylation is 1. The normalized spacial score (nSPS) is 20.2. The van der Waals surface area contributed by atoms with Crippen molar-refractivity contribution in [3.63, 3.8) is 0 Å². The molecular weight excluding hydrogens is 228 g/mol. The van der Waals surface area contributed by atoms with Crippen molar-refractivity contribution in [1.29, 1.82) is 0 Å². The fraction of sp³-hybridized carbons (Fsp3) is 0.429. The summed E-state index contributed by atoms with van der Waals surface area (Å²) in [5.41, 5.74) is 1.63. The molecule has 1 aliphatic heterocycles. The van der Waals surface area contributed by atoms with Crippen LogP contribution in [0.3, 0.4) is 0 Å². The summed E-state index contributed by atoms with van der Waals surface area (Å²) in [6, 6.07) is 7.10. The molecule has 0 aliphatic carbocycles. The molecule has 96 valence electrons. The molecule has 1 heterocycles. The van der Waals surface area contributed by atoms with Crippen molar-refractivity contribution >= 4 is 11.8 Å². The minimum atomic E-state index is -0.379. The third-order valence-corrected chi connectivity index (χ3v) is 3.51. The largest absolute Gasteiger partial charge is 0.342 e. The van der Waals surface area contributed by atoms with Gasteiger partial charge in [-0.25, -0.2) is 0 Å². The second kappa shape index (κ2) is 4.80. The van der Waals surface area contributed by atoms with Crippen LogP contribution in [0.1, 0.15) is 22.8 Å². The van der Waals surface area contributed by atoms with Crippen molar-refractivity contribution in [3.8, 4) is 0 Å².